The van der Waals surface area contributed by atoms with Gasteiger partial charge >= 0.3 is 0 Å². The number of allylic oxidation sites excluding steroid dienone is 2. The third-order valence-electron chi connectivity index (χ3n) is 5.77. The first-order chi connectivity index (χ1) is 9.90. The molecule has 0 radical (unpaired) electrons. The van der Waals surface area contributed by atoms with E-state index in [1.165, 1.54) is 77.0 Å². The Kier molecular flexibility index (Phi) is 7.76. The van der Waals surface area contributed by atoms with Crippen LogP contribution in [0.1, 0.15) is 96.8 Å². The lowest BCUT2D eigenvalue weighted by Gasteiger charge is -2.35. The highest BCUT2D eigenvalue weighted by molar-refractivity contribution is 4.92. The van der Waals surface area contributed by atoms with Crippen molar-refractivity contribution in [3.63, 3.8) is 0 Å². The molecule has 0 N–H and O–H groups in total. The van der Waals surface area contributed by atoms with Gasteiger partial charge in [-0.25, -0.2) is 0 Å². The summed E-state index contributed by atoms with van der Waals surface area (Å²) in [7, 11) is 0. The molecule has 0 aromatic rings. The van der Waals surface area contributed by atoms with E-state index in [-0.39, 0.29) is 0 Å². The fraction of sp³-hybridized carbons (Fsp3) is 0.900. The van der Waals surface area contributed by atoms with Gasteiger partial charge in [0.25, 0.3) is 0 Å². The van der Waals surface area contributed by atoms with Crippen LogP contribution in [0.25, 0.3) is 0 Å². The summed E-state index contributed by atoms with van der Waals surface area (Å²) in [5, 5.41) is 0. The second-order valence-electron chi connectivity index (χ2n) is 7.35. The second kappa shape index (κ2) is 9.64. The third kappa shape index (κ3) is 5.62. The maximum Gasteiger partial charge on any atom is -0.0233 e. The molecule has 2 aliphatic rings. The first-order valence-corrected chi connectivity index (χ1v) is 9.56. The maximum absolute atomic E-state index is 2.56. The zero-order valence-corrected chi connectivity index (χ0v) is 13.8. The molecule has 20 heavy (non-hydrogen) atoms. The Morgan fingerprint density at radius 1 is 0.750 bits per heavy atom. The molecule has 0 nitrogen and oxygen atoms in total. The van der Waals surface area contributed by atoms with Crippen LogP contribution in [0.2, 0.25) is 0 Å². The Bertz CT molecular complexity index is 251. The van der Waals surface area contributed by atoms with E-state index in [4.69, 9.17) is 0 Å². The van der Waals surface area contributed by atoms with Crippen molar-refractivity contribution in [2.24, 2.45) is 17.8 Å². The quantitative estimate of drug-likeness (QED) is 0.350. The normalized spacial score (nSPS) is 29.1. The van der Waals surface area contributed by atoms with Gasteiger partial charge in [0.05, 0.1) is 0 Å². The molecule has 2 saturated carbocycles. The molecule has 0 aromatic carbocycles. The van der Waals surface area contributed by atoms with Gasteiger partial charge in [0.15, 0.2) is 0 Å². The van der Waals surface area contributed by atoms with Crippen molar-refractivity contribution in [3.05, 3.63) is 12.2 Å². The van der Waals surface area contributed by atoms with Gasteiger partial charge in [-0.1, -0.05) is 70.4 Å². The van der Waals surface area contributed by atoms with Crippen LogP contribution < -0.4 is 0 Å². The summed E-state index contributed by atoms with van der Waals surface area (Å²) in [4.78, 5) is 0. The molecule has 0 aromatic heterocycles. The summed E-state index contributed by atoms with van der Waals surface area (Å²) in [5.41, 5.74) is 0. The topological polar surface area (TPSA) is 0 Å². The lowest BCUT2D eigenvalue weighted by atomic mass is 9.71. The number of hydrogen-bond donors (Lipinski definition) is 0. The van der Waals surface area contributed by atoms with Gasteiger partial charge < -0.3 is 0 Å². The highest BCUT2D eigenvalue weighted by Gasteiger charge is 2.27. The molecule has 116 valence electrons. The van der Waals surface area contributed by atoms with Gasteiger partial charge in [-0.3, -0.25) is 0 Å². The van der Waals surface area contributed by atoms with Crippen molar-refractivity contribution in [3.8, 4) is 0 Å². The van der Waals surface area contributed by atoms with Crippen LogP contribution in [0.4, 0.5) is 0 Å². The van der Waals surface area contributed by atoms with Crippen LogP contribution in [0.15, 0.2) is 12.2 Å². The van der Waals surface area contributed by atoms with E-state index in [1.54, 1.807) is 12.8 Å². The van der Waals surface area contributed by atoms with Crippen LogP contribution in [-0.4, -0.2) is 0 Å². The predicted molar refractivity (Wildman–Crippen MR) is 89.9 cm³/mol. The van der Waals surface area contributed by atoms with Crippen LogP contribution in [0, 0.1) is 17.8 Å². The minimum Gasteiger partial charge on any atom is -0.0883 e. The zero-order valence-electron chi connectivity index (χ0n) is 13.8. The zero-order chi connectivity index (χ0) is 14.0. The van der Waals surface area contributed by atoms with Crippen molar-refractivity contribution in [2.75, 3.05) is 0 Å². The third-order valence-corrected chi connectivity index (χ3v) is 5.77. The minimum atomic E-state index is 0.918. The highest BCUT2D eigenvalue weighted by Crippen LogP contribution is 2.40. The molecule has 0 bridgehead atoms. The van der Waals surface area contributed by atoms with Crippen LogP contribution in [-0.2, 0) is 0 Å². The summed E-state index contributed by atoms with van der Waals surface area (Å²) >= 11 is 0. The molecule has 2 rings (SSSR count). The number of rotatable bonds is 7. The largest absolute Gasteiger partial charge is 0.0883 e. The van der Waals surface area contributed by atoms with Crippen LogP contribution in [0.3, 0.4) is 0 Å². The summed E-state index contributed by atoms with van der Waals surface area (Å²) < 4.78 is 0. The smallest absolute Gasteiger partial charge is 0.0233 e. The van der Waals surface area contributed by atoms with E-state index in [9.17, 15) is 0 Å². The standard InChI is InChI=1S/C20H36/c1-2-3-4-5-6-8-11-18-14-16-20(17-15-18)19-12-9-7-10-13-19/h8,11,18-20H,2-7,9-10,12-17H2,1H3/b11-8+/t18-,20-. The first kappa shape index (κ1) is 16.1. The van der Waals surface area contributed by atoms with E-state index >= 15 is 0 Å². The van der Waals surface area contributed by atoms with Gasteiger partial charge in [0.1, 0.15) is 0 Å². The summed E-state index contributed by atoms with van der Waals surface area (Å²) in [6.45, 7) is 2.29. The second-order valence-corrected chi connectivity index (χ2v) is 7.35. The highest BCUT2D eigenvalue weighted by atomic mass is 14.3. The average molecular weight is 277 g/mol. The lowest BCUT2D eigenvalue weighted by molar-refractivity contribution is 0.180. The van der Waals surface area contributed by atoms with Gasteiger partial charge in [-0.15, -0.1) is 0 Å². The molecular weight excluding hydrogens is 240 g/mol. The van der Waals surface area contributed by atoms with E-state index in [0.717, 1.165) is 17.8 Å². The molecule has 0 heteroatoms. The van der Waals surface area contributed by atoms with Gasteiger partial charge in [0.2, 0.25) is 0 Å². The summed E-state index contributed by atoms with van der Waals surface area (Å²) in [5.74, 6) is 3.10. The fourth-order valence-corrected chi connectivity index (χ4v) is 4.39. The molecule has 2 aliphatic carbocycles. The molecule has 0 aliphatic heterocycles. The van der Waals surface area contributed by atoms with Crippen molar-refractivity contribution in [1.29, 1.82) is 0 Å². The fourth-order valence-electron chi connectivity index (χ4n) is 4.39. The lowest BCUT2D eigenvalue weighted by Crippen LogP contribution is -2.23. The summed E-state index contributed by atoms with van der Waals surface area (Å²) in [6.07, 6.45) is 25.6. The van der Waals surface area contributed by atoms with Crippen molar-refractivity contribution in [2.45, 2.75) is 96.8 Å². The maximum atomic E-state index is 2.56. The number of unbranched alkanes of at least 4 members (excludes halogenated alkanes) is 4. The molecule has 0 spiro atoms. The van der Waals surface area contributed by atoms with E-state index in [1.807, 2.05) is 0 Å². The average Bonchev–Trinajstić information content (AvgIpc) is 2.52. The van der Waals surface area contributed by atoms with Gasteiger partial charge in [-0.2, -0.15) is 0 Å². The molecular formula is C20H36. The number of hydrogen-bond acceptors (Lipinski definition) is 0. The van der Waals surface area contributed by atoms with Crippen LogP contribution >= 0.6 is 0 Å². The van der Waals surface area contributed by atoms with Crippen LogP contribution in [0.5, 0.6) is 0 Å². The Hall–Kier alpha value is -0.260. The van der Waals surface area contributed by atoms with Crippen molar-refractivity contribution < 1.29 is 0 Å². The molecule has 0 heterocycles. The van der Waals surface area contributed by atoms with Gasteiger partial charge in [-0.05, 0) is 56.3 Å². The molecule has 2 fully saturated rings. The first-order valence-electron chi connectivity index (χ1n) is 9.56. The Labute approximate surface area is 127 Å². The van der Waals surface area contributed by atoms with Crippen molar-refractivity contribution >= 4 is 0 Å². The predicted octanol–water partition coefficient (Wildman–Crippen LogP) is 6.90. The molecule has 0 saturated heterocycles. The van der Waals surface area contributed by atoms with E-state index in [2.05, 4.69) is 19.1 Å². The van der Waals surface area contributed by atoms with E-state index < -0.39 is 0 Å². The van der Waals surface area contributed by atoms with Gasteiger partial charge in [0, 0.05) is 0 Å². The minimum absolute atomic E-state index is 0.918. The molecule has 0 amide bonds. The van der Waals surface area contributed by atoms with Crippen molar-refractivity contribution in [1.82, 2.24) is 0 Å². The Balaban J connectivity index is 1.57. The molecule has 0 unspecified atom stereocenters. The Morgan fingerprint density at radius 2 is 1.45 bits per heavy atom. The monoisotopic (exact) mass is 276 g/mol. The SMILES string of the molecule is CCCCCC/C=C/[C@H]1CC[C@H](C2CCCCC2)CC1. The Morgan fingerprint density at radius 3 is 2.15 bits per heavy atom. The molecule has 0 atom stereocenters. The summed E-state index contributed by atoms with van der Waals surface area (Å²) in [6, 6.07) is 0. The van der Waals surface area contributed by atoms with E-state index in [0.29, 0.717) is 0 Å².